The smallest absolute Gasteiger partial charge is 0.155 e. The minimum Gasteiger partial charge on any atom is -0.394 e. The van der Waals surface area contributed by atoms with E-state index in [1.54, 1.807) is 12.1 Å². The number of aromatic nitrogens is 2. The Bertz CT molecular complexity index is 686. The molecule has 0 aliphatic carbocycles. The van der Waals surface area contributed by atoms with Crippen molar-refractivity contribution >= 4 is 23.1 Å². The number of hydrogen-bond donors (Lipinski definition) is 1. The largest absolute Gasteiger partial charge is 0.394 e. The zero-order valence-corrected chi connectivity index (χ0v) is 13.0. The van der Waals surface area contributed by atoms with E-state index in [4.69, 9.17) is 17.3 Å². The molecule has 2 aromatic rings. The first-order valence-corrected chi connectivity index (χ1v) is 7.43. The summed E-state index contributed by atoms with van der Waals surface area (Å²) in [6.07, 6.45) is 1.42. The minimum absolute atomic E-state index is 0.333. The van der Waals surface area contributed by atoms with E-state index in [2.05, 4.69) is 26.8 Å². The molecule has 2 N–H and O–H groups in total. The zero-order chi connectivity index (χ0) is 15.7. The maximum absolute atomic E-state index is 14.1. The van der Waals surface area contributed by atoms with Crippen LogP contribution in [0.2, 0.25) is 5.02 Å². The van der Waals surface area contributed by atoms with Crippen LogP contribution < -0.4 is 10.6 Å². The number of nitrogens with two attached hydrogens (primary N) is 1. The summed E-state index contributed by atoms with van der Waals surface area (Å²) in [5.74, 6) is 0.217. The number of anilines is 2. The molecule has 0 radical (unpaired) electrons. The second kappa shape index (κ2) is 6.06. The van der Waals surface area contributed by atoms with Crippen molar-refractivity contribution in [3.8, 4) is 11.3 Å². The van der Waals surface area contributed by atoms with Crippen molar-refractivity contribution in [2.45, 2.75) is 0 Å². The van der Waals surface area contributed by atoms with Gasteiger partial charge in [-0.2, -0.15) is 0 Å². The van der Waals surface area contributed by atoms with Crippen molar-refractivity contribution < 1.29 is 4.39 Å². The van der Waals surface area contributed by atoms with Crippen LogP contribution >= 0.6 is 11.6 Å². The Labute approximate surface area is 133 Å². The van der Waals surface area contributed by atoms with E-state index in [0.29, 0.717) is 27.8 Å². The fourth-order valence-electron chi connectivity index (χ4n) is 2.55. The van der Waals surface area contributed by atoms with E-state index < -0.39 is 5.82 Å². The summed E-state index contributed by atoms with van der Waals surface area (Å²) in [6, 6.07) is 4.47. The fraction of sp³-hybridized carbons (Fsp3) is 0.333. The SMILES string of the molecule is CN1CCN(c2ncnc(-c3ccc(Cl)cc3F)c2N)CC1. The van der Waals surface area contributed by atoms with Gasteiger partial charge < -0.3 is 15.5 Å². The van der Waals surface area contributed by atoms with Gasteiger partial charge in [0.15, 0.2) is 5.82 Å². The van der Waals surface area contributed by atoms with Crippen molar-refractivity contribution in [3.63, 3.8) is 0 Å². The van der Waals surface area contributed by atoms with Crippen molar-refractivity contribution in [2.24, 2.45) is 0 Å². The quantitative estimate of drug-likeness (QED) is 0.919. The second-order valence-corrected chi connectivity index (χ2v) is 5.81. The summed E-state index contributed by atoms with van der Waals surface area (Å²) in [5.41, 5.74) is 7.34. The number of benzene rings is 1. The summed E-state index contributed by atoms with van der Waals surface area (Å²) >= 11 is 5.79. The molecule has 1 aliphatic heterocycles. The van der Waals surface area contributed by atoms with Crippen LogP contribution in [0.25, 0.3) is 11.3 Å². The molecule has 1 fully saturated rings. The monoisotopic (exact) mass is 321 g/mol. The van der Waals surface area contributed by atoms with E-state index >= 15 is 0 Å². The Balaban J connectivity index is 1.98. The summed E-state index contributed by atoms with van der Waals surface area (Å²) in [6.45, 7) is 3.54. The van der Waals surface area contributed by atoms with E-state index in [1.807, 2.05) is 0 Å². The van der Waals surface area contributed by atoms with Crippen molar-refractivity contribution in [3.05, 3.63) is 35.4 Å². The molecule has 3 rings (SSSR count). The summed E-state index contributed by atoms with van der Waals surface area (Å²) in [5, 5.41) is 0.341. The highest BCUT2D eigenvalue weighted by Crippen LogP contribution is 2.32. The van der Waals surface area contributed by atoms with Gasteiger partial charge in [-0.25, -0.2) is 14.4 Å². The van der Waals surface area contributed by atoms with Gasteiger partial charge in [-0.1, -0.05) is 11.6 Å². The van der Waals surface area contributed by atoms with Gasteiger partial charge in [0.2, 0.25) is 0 Å². The number of halogens is 2. The summed E-state index contributed by atoms with van der Waals surface area (Å²) in [4.78, 5) is 12.8. The number of rotatable bonds is 2. The van der Waals surface area contributed by atoms with E-state index in [9.17, 15) is 4.39 Å². The van der Waals surface area contributed by atoms with Crippen molar-refractivity contribution in [1.29, 1.82) is 0 Å². The first kappa shape index (κ1) is 15.0. The van der Waals surface area contributed by atoms with Crippen molar-refractivity contribution in [1.82, 2.24) is 14.9 Å². The highest BCUT2D eigenvalue weighted by atomic mass is 35.5. The maximum Gasteiger partial charge on any atom is 0.155 e. The molecule has 0 unspecified atom stereocenters. The molecular formula is C15H17ClFN5. The van der Waals surface area contributed by atoms with Crippen LogP contribution in [-0.4, -0.2) is 48.1 Å². The topological polar surface area (TPSA) is 58.3 Å². The lowest BCUT2D eigenvalue weighted by molar-refractivity contribution is 0.312. The predicted octanol–water partition coefficient (Wildman–Crippen LogP) is 2.27. The molecule has 0 spiro atoms. The third kappa shape index (κ3) is 2.84. The fourth-order valence-corrected chi connectivity index (χ4v) is 2.71. The second-order valence-electron chi connectivity index (χ2n) is 5.37. The van der Waals surface area contributed by atoms with Crippen LogP contribution in [0.1, 0.15) is 0 Å². The van der Waals surface area contributed by atoms with Gasteiger partial charge >= 0.3 is 0 Å². The van der Waals surface area contributed by atoms with Gasteiger partial charge in [0.05, 0.1) is 0 Å². The molecule has 1 saturated heterocycles. The predicted molar refractivity (Wildman–Crippen MR) is 86.6 cm³/mol. The molecular weight excluding hydrogens is 305 g/mol. The van der Waals surface area contributed by atoms with Gasteiger partial charge in [0, 0.05) is 36.8 Å². The van der Waals surface area contributed by atoms with Gasteiger partial charge in [-0.05, 0) is 25.2 Å². The van der Waals surface area contributed by atoms with Gasteiger partial charge in [-0.15, -0.1) is 0 Å². The van der Waals surface area contributed by atoms with E-state index in [-0.39, 0.29) is 0 Å². The average molecular weight is 322 g/mol. The molecule has 0 bridgehead atoms. The molecule has 1 aromatic heterocycles. The summed E-state index contributed by atoms with van der Waals surface area (Å²) in [7, 11) is 2.08. The molecule has 0 saturated carbocycles. The first-order chi connectivity index (χ1) is 10.6. The third-order valence-electron chi connectivity index (χ3n) is 3.85. The van der Waals surface area contributed by atoms with Gasteiger partial charge in [-0.3, -0.25) is 0 Å². The maximum atomic E-state index is 14.1. The number of nitrogen functional groups attached to an aromatic ring is 1. The Hall–Kier alpha value is -1.92. The van der Waals surface area contributed by atoms with Gasteiger partial charge in [0.1, 0.15) is 23.5 Å². The number of hydrogen-bond acceptors (Lipinski definition) is 5. The molecule has 0 atom stereocenters. The highest BCUT2D eigenvalue weighted by molar-refractivity contribution is 6.30. The van der Waals surface area contributed by atoms with Gasteiger partial charge in [0.25, 0.3) is 0 Å². The number of piperazine rings is 1. The Morgan fingerprint density at radius 3 is 2.59 bits per heavy atom. The molecule has 2 heterocycles. The lowest BCUT2D eigenvalue weighted by Crippen LogP contribution is -2.45. The molecule has 116 valence electrons. The van der Waals surface area contributed by atoms with Crippen LogP contribution in [0.15, 0.2) is 24.5 Å². The van der Waals surface area contributed by atoms with Crippen molar-refractivity contribution in [2.75, 3.05) is 43.9 Å². The molecule has 0 amide bonds. The van der Waals surface area contributed by atoms with Crippen LogP contribution in [0, 0.1) is 5.82 Å². The molecule has 5 nitrogen and oxygen atoms in total. The molecule has 1 aliphatic rings. The first-order valence-electron chi connectivity index (χ1n) is 7.05. The molecule has 1 aromatic carbocycles. The van der Waals surface area contributed by atoms with Crippen LogP contribution in [0.4, 0.5) is 15.9 Å². The van der Waals surface area contributed by atoms with Crippen LogP contribution in [0.5, 0.6) is 0 Å². The zero-order valence-electron chi connectivity index (χ0n) is 12.3. The molecule has 7 heteroatoms. The van der Waals surface area contributed by atoms with Crippen LogP contribution in [0.3, 0.4) is 0 Å². The number of likely N-dealkylation sites (N-methyl/N-ethyl adjacent to an activating group) is 1. The Morgan fingerprint density at radius 2 is 1.91 bits per heavy atom. The Morgan fingerprint density at radius 1 is 1.18 bits per heavy atom. The Kier molecular flexibility index (Phi) is 4.13. The summed E-state index contributed by atoms with van der Waals surface area (Å²) < 4.78 is 14.1. The average Bonchev–Trinajstić information content (AvgIpc) is 2.49. The minimum atomic E-state index is -0.442. The van der Waals surface area contributed by atoms with Crippen LogP contribution in [-0.2, 0) is 0 Å². The lowest BCUT2D eigenvalue weighted by Gasteiger charge is -2.33. The normalized spacial score (nSPS) is 16.0. The van der Waals surface area contributed by atoms with E-state index in [1.165, 1.54) is 12.4 Å². The standard InChI is InChI=1S/C15H17ClFN5/c1-21-4-6-22(7-5-21)15-13(18)14(19-9-20-15)11-3-2-10(16)8-12(11)17/h2-3,8-9H,4-7,18H2,1H3. The lowest BCUT2D eigenvalue weighted by atomic mass is 10.1. The third-order valence-corrected chi connectivity index (χ3v) is 4.09. The number of nitrogens with zero attached hydrogens (tertiary/aromatic N) is 4. The molecule has 22 heavy (non-hydrogen) atoms. The highest BCUT2D eigenvalue weighted by Gasteiger charge is 2.21. The van der Waals surface area contributed by atoms with E-state index in [0.717, 1.165) is 26.2 Å².